The van der Waals surface area contributed by atoms with Gasteiger partial charge in [-0.1, -0.05) is 0 Å². The Kier molecular flexibility index (Phi) is 5.46. The number of hydrogen-bond acceptors (Lipinski definition) is 7. The molecule has 2 amide bonds. The SMILES string of the molecule is Cc1cc(S(N)(=O)=O)cc(NC(=O)CN2C(=O)COc3ccc([N+](=O)[O-])cc32)c1C. The number of benzene rings is 2. The summed E-state index contributed by atoms with van der Waals surface area (Å²) in [5.41, 5.74) is 1.29. The van der Waals surface area contributed by atoms with Crippen LogP contribution in [-0.2, 0) is 19.6 Å². The molecule has 0 saturated carbocycles. The highest BCUT2D eigenvalue weighted by molar-refractivity contribution is 7.89. The average molecular weight is 434 g/mol. The predicted molar refractivity (Wildman–Crippen MR) is 107 cm³/mol. The van der Waals surface area contributed by atoms with E-state index in [-0.39, 0.29) is 34.3 Å². The second kappa shape index (κ2) is 7.72. The molecular weight excluding hydrogens is 416 g/mol. The number of anilines is 2. The van der Waals surface area contributed by atoms with E-state index in [1.165, 1.54) is 24.3 Å². The summed E-state index contributed by atoms with van der Waals surface area (Å²) in [5, 5.41) is 18.8. The highest BCUT2D eigenvalue weighted by Gasteiger charge is 2.29. The van der Waals surface area contributed by atoms with Crippen molar-refractivity contribution in [2.45, 2.75) is 18.7 Å². The van der Waals surface area contributed by atoms with Gasteiger partial charge in [-0.05, 0) is 43.2 Å². The van der Waals surface area contributed by atoms with Gasteiger partial charge < -0.3 is 10.1 Å². The number of hydrogen-bond donors (Lipinski definition) is 2. The van der Waals surface area contributed by atoms with Gasteiger partial charge in [0.1, 0.15) is 12.3 Å². The molecule has 2 aromatic carbocycles. The highest BCUT2D eigenvalue weighted by Crippen LogP contribution is 2.35. The molecule has 11 nitrogen and oxygen atoms in total. The maximum Gasteiger partial charge on any atom is 0.271 e. The summed E-state index contributed by atoms with van der Waals surface area (Å²) >= 11 is 0. The van der Waals surface area contributed by atoms with Crippen LogP contribution in [0.3, 0.4) is 0 Å². The molecule has 0 unspecified atom stereocenters. The number of carbonyl (C=O) groups excluding carboxylic acids is 2. The Balaban J connectivity index is 1.89. The molecule has 1 aliphatic rings. The van der Waals surface area contributed by atoms with Gasteiger partial charge in [0.15, 0.2) is 6.61 Å². The number of carbonyl (C=O) groups is 2. The third kappa shape index (κ3) is 4.23. The molecule has 0 bridgehead atoms. The number of nitrogens with one attached hydrogen (secondary N) is 1. The monoisotopic (exact) mass is 434 g/mol. The lowest BCUT2D eigenvalue weighted by molar-refractivity contribution is -0.384. The molecule has 0 radical (unpaired) electrons. The van der Waals surface area contributed by atoms with E-state index in [0.29, 0.717) is 11.1 Å². The van der Waals surface area contributed by atoms with Crippen LogP contribution in [0, 0.1) is 24.0 Å². The lowest BCUT2D eigenvalue weighted by atomic mass is 10.1. The topological polar surface area (TPSA) is 162 Å². The van der Waals surface area contributed by atoms with Gasteiger partial charge in [0.25, 0.3) is 11.6 Å². The molecule has 1 aliphatic heterocycles. The predicted octanol–water partition coefficient (Wildman–Crippen LogP) is 1.22. The van der Waals surface area contributed by atoms with Crippen molar-refractivity contribution in [3.05, 3.63) is 51.6 Å². The summed E-state index contributed by atoms with van der Waals surface area (Å²) in [7, 11) is -3.99. The summed E-state index contributed by atoms with van der Waals surface area (Å²) in [6.07, 6.45) is 0. The first-order valence-electron chi connectivity index (χ1n) is 8.63. The fourth-order valence-electron chi connectivity index (χ4n) is 2.93. The third-order valence-electron chi connectivity index (χ3n) is 4.64. The summed E-state index contributed by atoms with van der Waals surface area (Å²) in [6, 6.07) is 6.36. The Bertz CT molecular complexity index is 1180. The minimum atomic E-state index is -3.99. The van der Waals surface area contributed by atoms with Crippen LogP contribution in [0.4, 0.5) is 17.1 Å². The zero-order chi connectivity index (χ0) is 22.2. The third-order valence-corrected chi connectivity index (χ3v) is 5.53. The molecule has 30 heavy (non-hydrogen) atoms. The van der Waals surface area contributed by atoms with E-state index >= 15 is 0 Å². The van der Waals surface area contributed by atoms with Gasteiger partial charge in [-0.25, -0.2) is 13.6 Å². The molecule has 1 heterocycles. The Morgan fingerprint density at radius 2 is 2.00 bits per heavy atom. The normalized spacial score (nSPS) is 13.4. The largest absolute Gasteiger partial charge is 0.482 e. The van der Waals surface area contributed by atoms with Crippen molar-refractivity contribution in [3.63, 3.8) is 0 Å². The molecule has 0 spiro atoms. The van der Waals surface area contributed by atoms with Crippen LogP contribution in [0.1, 0.15) is 11.1 Å². The molecule has 158 valence electrons. The van der Waals surface area contributed by atoms with Gasteiger partial charge in [0, 0.05) is 17.8 Å². The quantitative estimate of drug-likeness (QED) is 0.528. The molecular formula is C18H18N4O7S. The van der Waals surface area contributed by atoms with Crippen LogP contribution in [0.25, 0.3) is 0 Å². The van der Waals surface area contributed by atoms with Crippen molar-refractivity contribution in [2.24, 2.45) is 5.14 Å². The average Bonchev–Trinajstić information content (AvgIpc) is 2.66. The first-order chi connectivity index (χ1) is 14.0. The van der Waals surface area contributed by atoms with Crippen LogP contribution in [0.5, 0.6) is 5.75 Å². The zero-order valence-electron chi connectivity index (χ0n) is 16.0. The molecule has 0 saturated heterocycles. The highest BCUT2D eigenvalue weighted by atomic mass is 32.2. The molecule has 2 aromatic rings. The standard InChI is InChI=1S/C18H18N4O7S/c1-10-5-13(30(19,27)28)7-14(11(10)2)20-17(23)8-21-15-6-12(22(25)26)3-4-16(15)29-9-18(21)24/h3-7H,8-9H2,1-2H3,(H,20,23)(H2,19,27,28). The molecule has 0 aromatic heterocycles. The molecule has 3 N–H and O–H groups in total. The summed E-state index contributed by atoms with van der Waals surface area (Å²) in [6.45, 7) is 2.59. The van der Waals surface area contributed by atoms with Crippen molar-refractivity contribution < 1.29 is 27.7 Å². The van der Waals surface area contributed by atoms with Crippen molar-refractivity contribution >= 4 is 38.9 Å². The minimum absolute atomic E-state index is 0.0989. The van der Waals surface area contributed by atoms with Crippen molar-refractivity contribution in [2.75, 3.05) is 23.4 Å². The first kappa shape index (κ1) is 21.2. The number of nitrogens with two attached hydrogens (primary N) is 1. The number of nitro benzene ring substituents is 1. The van der Waals surface area contributed by atoms with E-state index in [1.807, 2.05) is 0 Å². The van der Waals surface area contributed by atoms with E-state index in [1.54, 1.807) is 13.8 Å². The van der Waals surface area contributed by atoms with Crippen LogP contribution < -0.4 is 20.1 Å². The lowest BCUT2D eigenvalue weighted by Crippen LogP contribution is -2.43. The number of sulfonamides is 1. The van der Waals surface area contributed by atoms with Crippen LogP contribution in [0.15, 0.2) is 35.2 Å². The van der Waals surface area contributed by atoms with Crippen molar-refractivity contribution in [1.82, 2.24) is 0 Å². The number of amides is 2. The maximum absolute atomic E-state index is 12.6. The Morgan fingerprint density at radius 3 is 2.63 bits per heavy atom. The van der Waals surface area contributed by atoms with E-state index in [0.717, 1.165) is 11.0 Å². The number of ether oxygens (including phenoxy) is 1. The Morgan fingerprint density at radius 1 is 1.30 bits per heavy atom. The van der Waals surface area contributed by atoms with Gasteiger partial charge in [-0.3, -0.25) is 24.6 Å². The van der Waals surface area contributed by atoms with Crippen LogP contribution in [0.2, 0.25) is 0 Å². The van der Waals surface area contributed by atoms with Gasteiger partial charge in [-0.15, -0.1) is 0 Å². The first-order valence-corrected chi connectivity index (χ1v) is 10.2. The summed E-state index contributed by atoms with van der Waals surface area (Å²) in [4.78, 5) is 36.2. The Hall–Kier alpha value is -3.51. The number of nitrogens with zero attached hydrogens (tertiary/aromatic N) is 2. The summed E-state index contributed by atoms with van der Waals surface area (Å²) < 4.78 is 28.6. The molecule has 0 aliphatic carbocycles. The van der Waals surface area contributed by atoms with Crippen LogP contribution in [-0.4, -0.2) is 38.3 Å². The number of primary sulfonamides is 1. The van der Waals surface area contributed by atoms with Gasteiger partial charge in [0.2, 0.25) is 15.9 Å². The molecule has 12 heteroatoms. The second-order valence-corrected chi connectivity index (χ2v) is 8.25. The van der Waals surface area contributed by atoms with E-state index in [4.69, 9.17) is 9.88 Å². The van der Waals surface area contributed by atoms with E-state index in [9.17, 15) is 28.1 Å². The Labute approximate surface area is 171 Å². The zero-order valence-corrected chi connectivity index (χ0v) is 16.9. The fourth-order valence-corrected chi connectivity index (χ4v) is 3.55. The number of nitro groups is 1. The smallest absolute Gasteiger partial charge is 0.271 e. The number of fused-ring (bicyclic) bond motifs is 1. The van der Waals surface area contributed by atoms with Crippen LogP contribution >= 0.6 is 0 Å². The maximum atomic E-state index is 12.6. The summed E-state index contributed by atoms with van der Waals surface area (Å²) in [5.74, 6) is -0.947. The van der Waals surface area contributed by atoms with E-state index < -0.39 is 33.3 Å². The molecule has 0 fully saturated rings. The number of rotatable bonds is 5. The van der Waals surface area contributed by atoms with Gasteiger partial charge >= 0.3 is 0 Å². The number of non-ortho nitro benzene ring substituents is 1. The van der Waals surface area contributed by atoms with Gasteiger partial charge in [-0.2, -0.15) is 0 Å². The van der Waals surface area contributed by atoms with Crippen molar-refractivity contribution in [3.8, 4) is 5.75 Å². The molecule has 3 rings (SSSR count). The minimum Gasteiger partial charge on any atom is -0.482 e. The fraction of sp³-hybridized carbons (Fsp3) is 0.222. The lowest BCUT2D eigenvalue weighted by Gasteiger charge is -2.28. The second-order valence-electron chi connectivity index (χ2n) is 6.68. The van der Waals surface area contributed by atoms with Gasteiger partial charge in [0.05, 0.1) is 15.5 Å². The van der Waals surface area contributed by atoms with E-state index in [2.05, 4.69) is 5.32 Å². The number of aryl methyl sites for hydroxylation is 1. The van der Waals surface area contributed by atoms with Crippen molar-refractivity contribution in [1.29, 1.82) is 0 Å². The molecule has 0 atom stereocenters.